The number of esters is 1. The standard InChI is InChI=1S/C16H13N3O4/c1-19-13-12(14(20)18-16(19)22)10(8-5-3-2-4-6-8)11-9(17-13)7-23-15(11)21/h2-6,10,17H,7H2,1H3,(H,18,20,22)/t10-/m1/s1. The summed E-state index contributed by atoms with van der Waals surface area (Å²) in [4.78, 5) is 38.8. The predicted molar refractivity (Wildman–Crippen MR) is 82.2 cm³/mol. The van der Waals surface area contributed by atoms with Gasteiger partial charge in [-0.15, -0.1) is 0 Å². The number of cyclic esters (lactones) is 1. The average Bonchev–Trinajstić information content (AvgIpc) is 2.93. The van der Waals surface area contributed by atoms with Gasteiger partial charge in [0.15, 0.2) is 0 Å². The van der Waals surface area contributed by atoms with E-state index in [9.17, 15) is 14.4 Å². The lowest BCUT2D eigenvalue weighted by Crippen LogP contribution is -2.37. The van der Waals surface area contributed by atoms with Crippen molar-refractivity contribution in [1.82, 2.24) is 9.55 Å². The molecule has 0 saturated heterocycles. The Morgan fingerprint density at radius 3 is 2.65 bits per heavy atom. The van der Waals surface area contributed by atoms with Crippen LogP contribution >= 0.6 is 0 Å². The first-order valence-electron chi connectivity index (χ1n) is 7.13. The minimum absolute atomic E-state index is 0.109. The van der Waals surface area contributed by atoms with Gasteiger partial charge in [-0.1, -0.05) is 30.3 Å². The molecule has 0 fully saturated rings. The lowest BCUT2D eigenvalue weighted by atomic mass is 9.83. The van der Waals surface area contributed by atoms with Gasteiger partial charge >= 0.3 is 11.7 Å². The Hall–Kier alpha value is -3.09. The van der Waals surface area contributed by atoms with E-state index in [2.05, 4.69) is 10.3 Å². The Morgan fingerprint density at radius 1 is 1.17 bits per heavy atom. The highest BCUT2D eigenvalue weighted by Gasteiger charge is 2.40. The zero-order valence-electron chi connectivity index (χ0n) is 12.3. The molecule has 2 aliphatic rings. The van der Waals surface area contributed by atoms with Gasteiger partial charge in [-0.05, 0) is 5.56 Å². The van der Waals surface area contributed by atoms with E-state index in [1.54, 1.807) is 7.05 Å². The van der Waals surface area contributed by atoms with Crippen molar-refractivity contribution in [3.05, 3.63) is 73.6 Å². The topological polar surface area (TPSA) is 93.2 Å². The summed E-state index contributed by atoms with van der Waals surface area (Å²) in [6.07, 6.45) is 0. The summed E-state index contributed by atoms with van der Waals surface area (Å²) in [5, 5.41) is 3.02. The van der Waals surface area contributed by atoms with Gasteiger partial charge in [0, 0.05) is 7.05 Å². The first-order chi connectivity index (χ1) is 11.1. The predicted octanol–water partition coefficient (Wildman–Crippen LogP) is 0.442. The number of hydrogen-bond donors (Lipinski definition) is 2. The maximum atomic E-state index is 12.4. The summed E-state index contributed by atoms with van der Waals surface area (Å²) in [6.45, 7) is 0.109. The van der Waals surface area contributed by atoms with Crippen LogP contribution < -0.4 is 16.6 Å². The monoisotopic (exact) mass is 311 g/mol. The number of rotatable bonds is 1. The number of hydrogen-bond acceptors (Lipinski definition) is 5. The third-order valence-electron chi connectivity index (χ3n) is 4.23. The summed E-state index contributed by atoms with van der Waals surface area (Å²) >= 11 is 0. The van der Waals surface area contributed by atoms with E-state index in [4.69, 9.17) is 4.74 Å². The maximum absolute atomic E-state index is 12.4. The molecule has 0 radical (unpaired) electrons. The molecule has 7 heteroatoms. The second-order valence-electron chi connectivity index (χ2n) is 5.52. The van der Waals surface area contributed by atoms with Crippen molar-refractivity contribution in [3.8, 4) is 0 Å². The van der Waals surface area contributed by atoms with Gasteiger partial charge in [0.05, 0.1) is 22.8 Å². The van der Waals surface area contributed by atoms with Crippen molar-refractivity contribution in [2.75, 3.05) is 11.9 Å². The second-order valence-corrected chi connectivity index (χ2v) is 5.52. The van der Waals surface area contributed by atoms with Crippen LogP contribution in [0.5, 0.6) is 0 Å². The lowest BCUT2D eigenvalue weighted by molar-refractivity contribution is -0.136. The van der Waals surface area contributed by atoms with Crippen LogP contribution in [0.3, 0.4) is 0 Å². The van der Waals surface area contributed by atoms with Crippen molar-refractivity contribution in [3.63, 3.8) is 0 Å². The summed E-state index contributed by atoms with van der Waals surface area (Å²) in [5.41, 5.74) is 1.14. The highest BCUT2D eigenvalue weighted by atomic mass is 16.5. The highest BCUT2D eigenvalue weighted by molar-refractivity contribution is 5.96. The van der Waals surface area contributed by atoms with E-state index in [-0.39, 0.29) is 6.61 Å². The fourth-order valence-corrected chi connectivity index (χ4v) is 3.14. The molecule has 4 rings (SSSR count). The fraction of sp³-hybridized carbons (Fsp3) is 0.188. The minimum atomic E-state index is -0.562. The van der Waals surface area contributed by atoms with Gasteiger partial charge in [0.1, 0.15) is 12.4 Å². The Bertz CT molecular complexity index is 969. The molecule has 116 valence electrons. The molecule has 3 heterocycles. The second kappa shape index (κ2) is 4.70. The van der Waals surface area contributed by atoms with Crippen molar-refractivity contribution in [2.45, 2.75) is 5.92 Å². The molecule has 2 N–H and O–H groups in total. The molecule has 0 saturated carbocycles. The molecular formula is C16H13N3O4. The normalized spacial score (nSPS) is 19.0. The smallest absolute Gasteiger partial charge is 0.337 e. The third kappa shape index (κ3) is 1.86. The fourth-order valence-electron chi connectivity index (χ4n) is 3.14. The van der Waals surface area contributed by atoms with Crippen LogP contribution in [-0.4, -0.2) is 22.1 Å². The first-order valence-corrected chi connectivity index (χ1v) is 7.13. The van der Waals surface area contributed by atoms with E-state index in [1.807, 2.05) is 30.3 Å². The van der Waals surface area contributed by atoms with Crippen molar-refractivity contribution < 1.29 is 9.53 Å². The largest absolute Gasteiger partial charge is 0.456 e. The Kier molecular flexibility index (Phi) is 2.77. The lowest BCUT2D eigenvalue weighted by Gasteiger charge is -2.27. The van der Waals surface area contributed by atoms with Crippen LogP contribution in [0, 0.1) is 0 Å². The van der Waals surface area contributed by atoms with Gasteiger partial charge in [0.2, 0.25) is 0 Å². The van der Waals surface area contributed by atoms with Gasteiger partial charge < -0.3 is 10.1 Å². The molecule has 2 aromatic rings. The summed E-state index contributed by atoms with van der Waals surface area (Å²) in [5.74, 6) is -0.613. The van der Waals surface area contributed by atoms with Crippen LogP contribution in [0.15, 0.2) is 51.2 Å². The Labute approximate surface area is 130 Å². The molecule has 1 aromatic heterocycles. The number of fused-ring (bicyclic) bond motifs is 1. The molecule has 0 spiro atoms. The highest BCUT2D eigenvalue weighted by Crippen LogP contribution is 2.41. The quantitative estimate of drug-likeness (QED) is 0.746. The number of carbonyl (C=O) groups is 1. The van der Waals surface area contributed by atoms with Crippen molar-refractivity contribution >= 4 is 11.8 Å². The summed E-state index contributed by atoms with van der Waals surface area (Å²) < 4.78 is 6.45. The zero-order valence-corrected chi connectivity index (χ0v) is 12.3. The number of nitrogens with one attached hydrogen (secondary N) is 2. The molecule has 0 unspecified atom stereocenters. The molecule has 2 aliphatic heterocycles. The van der Waals surface area contributed by atoms with Crippen LogP contribution in [0.2, 0.25) is 0 Å². The van der Waals surface area contributed by atoms with Crippen molar-refractivity contribution in [2.24, 2.45) is 7.05 Å². The number of H-pyrrole nitrogens is 1. The molecule has 0 aliphatic carbocycles. The number of benzene rings is 1. The number of ether oxygens (including phenoxy) is 1. The van der Waals surface area contributed by atoms with Gasteiger partial charge in [-0.25, -0.2) is 9.59 Å². The molecular weight excluding hydrogens is 298 g/mol. The molecule has 1 aromatic carbocycles. The molecule has 0 bridgehead atoms. The molecule has 0 amide bonds. The van der Waals surface area contributed by atoms with Gasteiger partial charge in [0.25, 0.3) is 5.56 Å². The molecule has 1 atom stereocenters. The number of aromatic amines is 1. The third-order valence-corrected chi connectivity index (χ3v) is 4.23. The molecule has 7 nitrogen and oxygen atoms in total. The number of carbonyl (C=O) groups excluding carboxylic acids is 1. The van der Waals surface area contributed by atoms with Crippen LogP contribution in [0.1, 0.15) is 17.0 Å². The minimum Gasteiger partial charge on any atom is -0.456 e. The summed E-state index contributed by atoms with van der Waals surface area (Å²) in [7, 11) is 1.56. The SMILES string of the molecule is Cn1c2c(c(=O)[nH]c1=O)[C@H](c1ccccc1)C1=C(COC1=O)N2. The Morgan fingerprint density at radius 2 is 1.91 bits per heavy atom. The van der Waals surface area contributed by atoms with Crippen molar-refractivity contribution in [1.29, 1.82) is 0 Å². The van der Waals surface area contributed by atoms with E-state index >= 15 is 0 Å². The average molecular weight is 311 g/mol. The van der Waals surface area contributed by atoms with E-state index in [0.717, 1.165) is 5.56 Å². The van der Waals surface area contributed by atoms with E-state index in [0.29, 0.717) is 22.7 Å². The number of anilines is 1. The van der Waals surface area contributed by atoms with Crippen LogP contribution in [0.4, 0.5) is 5.82 Å². The van der Waals surface area contributed by atoms with E-state index in [1.165, 1.54) is 4.57 Å². The van der Waals surface area contributed by atoms with Gasteiger partial charge in [-0.2, -0.15) is 0 Å². The van der Waals surface area contributed by atoms with Crippen LogP contribution in [-0.2, 0) is 16.6 Å². The van der Waals surface area contributed by atoms with E-state index < -0.39 is 23.1 Å². The maximum Gasteiger partial charge on any atom is 0.337 e. The molecule has 23 heavy (non-hydrogen) atoms. The zero-order chi connectivity index (χ0) is 16.1. The van der Waals surface area contributed by atoms with Gasteiger partial charge in [-0.3, -0.25) is 14.3 Å². The first kappa shape index (κ1) is 13.6. The summed E-state index contributed by atoms with van der Waals surface area (Å²) in [6, 6.07) is 9.24. The number of nitrogens with zero attached hydrogens (tertiary/aromatic N) is 1. The Balaban J connectivity index is 2.07. The van der Waals surface area contributed by atoms with Crippen LogP contribution in [0.25, 0.3) is 0 Å². The number of aromatic nitrogens is 2.